The summed E-state index contributed by atoms with van der Waals surface area (Å²) in [4.78, 5) is 22.2. The number of primary amides is 1. The number of amides is 2. The molecule has 0 saturated heterocycles. The van der Waals surface area contributed by atoms with Crippen LogP contribution in [0.25, 0.3) is 0 Å². The van der Waals surface area contributed by atoms with E-state index in [1.807, 2.05) is 12.1 Å². The van der Waals surface area contributed by atoms with Crippen LogP contribution in [0.15, 0.2) is 18.2 Å². The predicted octanol–water partition coefficient (Wildman–Crippen LogP) is 3.64. The second kappa shape index (κ2) is 7.72. The summed E-state index contributed by atoms with van der Waals surface area (Å²) in [5, 5.41) is 10.5. The summed E-state index contributed by atoms with van der Waals surface area (Å²) in [6.45, 7) is 4.45. The summed E-state index contributed by atoms with van der Waals surface area (Å²) < 4.78 is 0. The van der Waals surface area contributed by atoms with Gasteiger partial charge in [0.1, 0.15) is 0 Å². The van der Waals surface area contributed by atoms with Crippen LogP contribution >= 0.6 is 11.6 Å². The Morgan fingerprint density at radius 2 is 2.04 bits per heavy atom. The Morgan fingerprint density at radius 3 is 2.78 bits per heavy atom. The average Bonchev–Trinajstić information content (AvgIpc) is 2.90. The molecule has 0 radical (unpaired) electrons. The molecule has 2 amide bonds. The summed E-state index contributed by atoms with van der Waals surface area (Å²) >= 11 is 5.85. The zero-order chi connectivity index (χ0) is 19.6. The van der Waals surface area contributed by atoms with Gasteiger partial charge in [-0.3, -0.25) is 14.7 Å². The monoisotopic (exact) mass is 388 g/mol. The highest BCUT2D eigenvalue weighted by molar-refractivity contribution is 6.30. The Bertz CT molecular complexity index is 873. The third kappa shape index (κ3) is 4.69. The van der Waals surface area contributed by atoms with Crippen LogP contribution in [0, 0.1) is 5.41 Å². The van der Waals surface area contributed by atoms with E-state index in [0.717, 1.165) is 59.6 Å². The van der Waals surface area contributed by atoms with Crippen molar-refractivity contribution in [2.24, 2.45) is 11.1 Å². The van der Waals surface area contributed by atoms with Crippen LogP contribution in [-0.4, -0.2) is 22.0 Å². The molecule has 27 heavy (non-hydrogen) atoms. The van der Waals surface area contributed by atoms with Gasteiger partial charge < -0.3 is 11.1 Å². The lowest BCUT2D eigenvalue weighted by Crippen LogP contribution is -2.23. The fraction of sp³-hybridized carbons (Fsp3) is 0.450. The highest BCUT2D eigenvalue weighted by atomic mass is 35.5. The summed E-state index contributed by atoms with van der Waals surface area (Å²) in [7, 11) is 0. The van der Waals surface area contributed by atoms with Crippen LogP contribution in [0.5, 0.6) is 0 Å². The molecule has 2 aliphatic rings. The lowest BCUT2D eigenvalue weighted by molar-refractivity contribution is -0.116. The largest absolute Gasteiger partial charge is 0.364 e. The van der Waals surface area contributed by atoms with Gasteiger partial charge in [0.25, 0.3) is 5.91 Å². The Hall–Kier alpha value is -2.34. The maximum atomic E-state index is 11.2. The number of nitrogens with one attached hydrogen (secondary N) is 2. The van der Waals surface area contributed by atoms with Crippen molar-refractivity contribution in [1.82, 2.24) is 10.2 Å². The van der Waals surface area contributed by atoms with Crippen molar-refractivity contribution < 1.29 is 9.59 Å². The molecule has 7 heteroatoms. The Morgan fingerprint density at radius 1 is 1.26 bits per heavy atom. The number of aryl methyl sites for hydroxylation is 1. The van der Waals surface area contributed by atoms with Crippen molar-refractivity contribution in [3.05, 3.63) is 45.7 Å². The number of anilines is 1. The number of halogens is 1. The van der Waals surface area contributed by atoms with Crippen molar-refractivity contribution >= 4 is 29.1 Å². The van der Waals surface area contributed by atoms with Crippen molar-refractivity contribution in [3.8, 4) is 0 Å². The molecule has 0 fully saturated rings. The van der Waals surface area contributed by atoms with Crippen molar-refractivity contribution in [3.63, 3.8) is 0 Å². The number of aromatic amines is 1. The van der Waals surface area contributed by atoms with Crippen LogP contribution < -0.4 is 11.1 Å². The predicted molar refractivity (Wildman–Crippen MR) is 106 cm³/mol. The van der Waals surface area contributed by atoms with Crippen LogP contribution in [0.2, 0.25) is 5.02 Å². The molecular weight excluding hydrogens is 364 g/mol. The minimum atomic E-state index is -0.429. The van der Waals surface area contributed by atoms with Crippen molar-refractivity contribution in [2.75, 3.05) is 5.32 Å². The molecule has 1 aliphatic heterocycles. The molecule has 1 aliphatic carbocycles. The molecule has 4 rings (SSSR count). The van der Waals surface area contributed by atoms with E-state index in [4.69, 9.17) is 17.3 Å². The van der Waals surface area contributed by atoms with Gasteiger partial charge in [-0.2, -0.15) is 5.10 Å². The zero-order valence-corrected chi connectivity index (χ0v) is 16.4. The molecule has 1 aromatic carbocycles. The van der Waals surface area contributed by atoms with E-state index in [2.05, 4.69) is 29.4 Å². The highest BCUT2D eigenvalue weighted by Gasteiger charge is 2.29. The molecule has 0 atom stereocenters. The molecule has 0 saturated carbocycles. The summed E-state index contributed by atoms with van der Waals surface area (Å²) in [6.07, 6.45) is 5.36. The molecular formula is C20H25ClN4O2. The Kier molecular flexibility index (Phi) is 5.56. The van der Waals surface area contributed by atoms with E-state index in [1.165, 1.54) is 0 Å². The van der Waals surface area contributed by atoms with Gasteiger partial charge in [0.05, 0.1) is 0 Å². The molecule has 2 heterocycles. The van der Waals surface area contributed by atoms with Gasteiger partial charge in [-0.05, 0) is 61.3 Å². The Labute approximate surface area is 163 Å². The van der Waals surface area contributed by atoms with E-state index in [9.17, 15) is 9.59 Å². The van der Waals surface area contributed by atoms with E-state index < -0.39 is 5.91 Å². The third-order valence-corrected chi connectivity index (χ3v) is 5.32. The quantitative estimate of drug-likeness (QED) is 0.695. The Balaban J connectivity index is 0.000000156. The number of benzene rings is 1. The number of carbonyl (C=O) groups excluding carboxylic acids is 2. The third-order valence-electron chi connectivity index (χ3n) is 5.08. The maximum absolute atomic E-state index is 11.2. The van der Waals surface area contributed by atoms with Gasteiger partial charge >= 0.3 is 0 Å². The number of hydrogen-bond donors (Lipinski definition) is 3. The van der Waals surface area contributed by atoms with Crippen LogP contribution in [0.4, 0.5) is 5.69 Å². The highest BCUT2D eigenvalue weighted by Crippen LogP contribution is 2.34. The number of carbonyl (C=O) groups is 2. The van der Waals surface area contributed by atoms with E-state index in [-0.39, 0.29) is 5.91 Å². The molecule has 2 aromatic rings. The standard InChI is InChI=1S/C10H10ClNO.C10H15N3O/c11-8-4-5-9-7(6-8)2-1-3-10(13)12-9;1-10(2)4-3-6-7(5-10)12-13-8(6)9(11)14/h4-6H,1-3H2,(H,12,13);3-5H2,1-2H3,(H2,11,14)(H,12,13). The fourth-order valence-electron chi connectivity index (χ4n) is 3.59. The smallest absolute Gasteiger partial charge is 0.269 e. The first-order valence-electron chi connectivity index (χ1n) is 9.19. The first-order valence-corrected chi connectivity index (χ1v) is 9.57. The second-order valence-corrected chi connectivity index (χ2v) is 8.37. The minimum absolute atomic E-state index is 0.0982. The maximum Gasteiger partial charge on any atom is 0.269 e. The van der Waals surface area contributed by atoms with E-state index >= 15 is 0 Å². The first-order chi connectivity index (χ1) is 12.7. The van der Waals surface area contributed by atoms with E-state index in [1.54, 1.807) is 6.07 Å². The molecule has 0 unspecified atom stereocenters. The molecule has 0 bridgehead atoms. The SMILES string of the molecule is CC1(C)CCc2c(C(N)=O)n[nH]c2C1.O=C1CCCc2cc(Cl)ccc2N1. The molecule has 1 aromatic heterocycles. The lowest BCUT2D eigenvalue weighted by atomic mass is 9.76. The van der Waals surface area contributed by atoms with Crippen molar-refractivity contribution in [2.45, 2.75) is 52.4 Å². The number of nitrogens with two attached hydrogens (primary N) is 1. The van der Waals surface area contributed by atoms with Crippen LogP contribution in [0.1, 0.15) is 60.4 Å². The number of nitrogens with zero attached hydrogens (tertiary/aromatic N) is 1. The first kappa shape index (κ1) is 19.4. The summed E-state index contributed by atoms with van der Waals surface area (Å²) in [5.74, 6) is -0.330. The molecule has 0 spiro atoms. The average molecular weight is 389 g/mol. The van der Waals surface area contributed by atoms with Gasteiger partial charge in [-0.15, -0.1) is 0 Å². The van der Waals surface area contributed by atoms with Gasteiger partial charge in [0, 0.05) is 28.4 Å². The van der Waals surface area contributed by atoms with Gasteiger partial charge in [0.2, 0.25) is 5.91 Å². The number of H-pyrrole nitrogens is 1. The van der Waals surface area contributed by atoms with Gasteiger partial charge in [-0.1, -0.05) is 25.4 Å². The summed E-state index contributed by atoms with van der Waals surface area (Å²) in [5.41, 5.74) is 10.1. The summed E-state index contributed by atoms with van der Waals surface area (Å²) in [6, 6.07) is 5.58. The van der Waals surface area contributed by atoms with E-state index in [0.29, 0.717) is 17.5 Å². The zero-order valence-electron chi connectivity index (χ0n) is 15.7. The number of fused-ring (bicyclic) bond motifs is 2. The minimum Gasteiger partial charge on any atom is -0.364 e. The van der Waals surface area contributed by atoms with Gasteiger partial charge in [-0.25, -0.2) is 0 Å². The topological polar surface area (TPSA) is 101 Å². The molecule has 4 N–H and O–H groups in total. The number of hydrogen-bond acceptors (Lipinski definition) is 3. The van der Waals surface area contributed by atoms with Crippen molar-refractivity contribution in [1.29, 1.82) is 0 Å². The normalized spacial score (nSPS) is 17.5. The number of rotatable bonds is 1. The molecule has 6 nitrogen and oxygen atoms in total. The molecule has 144 valence electrons. The van der Waals surface area contributed by atoms with Gasteiger partial charge in [0.15, 0.2) is 5.69 Å². The lowest BCUT2D eigenvalue weighted by Gasteiger charge is -2.28. The van der Waals surface area contributed by atoms with Crippen LogP contribution in [-0.2, 0) is 24.1 Å². The second-order valence-electron chi connectivity index (χ2n) is 7.94. The fourth-order valence-corrected chi connectivity index (χ4v) is 3.79. The number of aromatic nitrogens is 2. The van der Waals surface area contributed by atoms with Crippen LogP contribution in [0.3, 0.4) is 0 Å².